The molecule has 17 heavy (non-hydrogen) atoms. The summed E-state index contributed by atoms with van der Waals surface area (Å²) in [6.07, 6.45) is 8.47. The van der Waals surface area contributed by atoms with Gasteiger partial charge in [-0.1, -0.05) is 19.3 Å². The Bertz CT molecular complexity index is 243. The van der Waals surface area contributed by atoms with Gasteiger partial charge >= 0.3 is 0 Å². The van der Waals surface area contributed by atoms with Gasteiger partial charge in [0.2, 0.25) is 5.91 Å². The van der Waals surface area contributed by atoms with Crippen LogP contribution >= 0.6 is 0 Å². The lowest BCUT2D eigenvalue weighted by atomic mass is 9.87. The van der Waals surface area contributed by atoms with Crippen LogP contribution in [0.25, 0.3) is 0 Å². The molecule has 3 nitrogen and oxygen atoms in total. The summed E-state index contributed by atoms with van der Waals surface area (Å²) >= 11 is 0. The molecule has 0 bridgehead atoms. The fourth-order valence-corrected chi connectivity index (χ4v) is 3.13. The van der Waals surface area contributed by atoms with E-state index in [1.807, 2.05) is 0 Å². The molecule has 0 spiro atoms. The number of piperidine rings is 1. The molecule has 2 rings (SSSR count). The average Bonchev–Trinajstić information content (AvgIpc) is 2.40. The van der Waals surface area contributed by atoms with Gasteiger partial charge in [-0.15, -0.1) is 0 Å². The van der Waals surface area contributed by atoms with Crippen molar-refractivity contribution in [1.29, 1.82) is 0 Å². The van der Waals surface area contributed by atoms with Crippen molar-refractivity contribution in [2.24, 2.45) is 11.8 Å². The summed E-state index contributed by atoms with van der Waals surface area (Å²) in [6.45, 7) is 4.37. The lowest BCUT2D eigenvalue weighted by Crippen LogP contribution is -2.46. The van der Waals surface area contributed by atoms with Crippen LogP contribution in [0.5, 0.6) is 0 Å². The summed E-state index contributed by atoms with van der Waals surface area (Å²) < 4.78 is 0. The topological polar surface area (TPSA) is 41.1 Å². The highest BCUT2D eigenvalue weighted by Gasteiger charge is 2.25. The van der Waals surface area contributed by atoms with Crippen molar-refractivity contribution in [1.82, 2.24) is 10.6 Å². The third-order valence-electron chi connectivity index (χ3n) is 4.39. The maximum Gasteiger partial charge on any atom is 0.223 e. The van der Waals surface area contributed by atoms with Crippen LogP contribution in [0.15, 0.2) is 0 Å². The zero-order chi connectivity index (χ0) is 12.1. The van der Waals surface area contributed by atoms with Gasteiger partial charge in [-0.2, -0.15) is 0 Å². The maximum absolute atomic E-state index is 12.1. The summed E-state index contributed by atoms with van der Waals surface area (Å²) in [5.74, 6) is 1.22. The first-order chi connectivity index (χ1) is 8.27. The minimum absolute atomic E-state index is 0.294. The number of hydrogen-bond donors (Lipinski definition) is 2. The molecule has 2 N–H and O–H groups in total. The number of nitrogens with one attached hydrogen (secondary N) is 2. The second-order valence-electron chi connectivity index (χ2n) is 5.74. The van der Waals surface area contributed by atoms with E-state index >= 15 is 0 Å². The SMILES string of the molecule is CC(NC(=O)C1CCCCC1)C1CCCNC1. The van der Waals surface area contributed by atoms with Gasteiger partial charge in [-0.25, -0.2) is 0 Å². The lowest BCUT2D eigenvalue weighted by Gasteiger charge is -2.30. The van der Waals surface area contributed by atoms with Gasteiger partial charge in [-0.3, -0.25) is 4.79 Å². The maximum atomic E-state index is 12.1. The molecule has 1 saturated heterocycles. The Hall–Kier alpha value is -0.570. The van der Waals surface area contributed by atoms with Crippen molar-refractivity contribution in [3.63, 3.8) is 0 Å². The number of rotatable bonds is 3. The Morgan fingerprint density at radius 2 is 1.94 bits per heavy atom. The Balaban J connectivity index is 1.76. The molecule has 98 valence electrons. The molecule has 1 aliphatic carbocycles. The standard InChI is InChI=1S/C14H26N2O/c1-11(13-8-5-9-15-10-13)16-14(17)12-6-3-2-4-7-12/h11-13,15H,2-10H2,1H3,(H,16,17). The summed E-state index contributed by atoms with van der Waals surface area (Å²) in [5, 5.41) is 6.66. The van der Waals surface area contributed by atoms with Crippen molar-refractivity contribution in [2.45, 2.75) is 57.9 Å². The zero-order valence-corrected chi connectivity index (χ0v) is 11.0. The fraction of sp³-hybridized carbons (Fsp3) is 0.929. The van der Waals surface area contributed by atoms with E-state index in [-0.39, 0.29) is 0 Å². The van der Waals surface area contributed by atoms with E-state index in [9.17, 15) is 4.79 Å². The van der Waals surface area contributed by atoms with Crippen molar-refractivity contribution in [3.8, 4) is 0 Å². The van der Waals surface area contributed by atoms with Crippen LogP contribution in [0.2, 0.25) is 0 Å². The van der Waals surface area contributed by atoms with Crippen molar-refractivity contribution in [2.75, 3.05) is 13.1 Å². The van der Waals surface area contributed by atoms with Crippen LogP contribution in [-0.2, 0) is 4.79 Å². The van der Waals surface area contributed by atoms with Gasteiger partial charge in [-0.05, 0) is 51.6 Å². The van der Waals surface area contributed by atoms with Crippen LogP contribution in [0, 0.1) is 11.8 Å². The van der Waals surface area contributed by atoms with Gasteiger partial charge in [0, 0.05) is 12.0 Å². The van der Waals surface area contributed by atoms with E-state index in [1.54, 1.807) is 0 Å². The average molecular weight is 238 g/mol. The quantitative estimate of drug-likeness (QED) is 0.790. The van der Waals surface area contributed by atoms with Gasteiger partial charge < -0.3 is 10.6 Å². The fourth-order valence-electron chi connectivity index (χ4n) is 3.13. The third-order valence-corrected chi connectivity index (χ3v) is 4.39. The molecule has 2 fully saturated rings. The number of hydrogen-bond acceptors (Lipinski definition) is 2. The molecule has 1 saturated carbocycles. The minimum Gasteiger partial charge on any atom is -0.353 e. The number of carbonyl (C=O) groups is 1. The van der Waals surface area contributed by atoms with Gasteiger partial charge in [0.25, 0.3) is 0 Å². The lowest BCUT2D eigenvalue weighted by molar-refractivity contribution is -0.126. The summed E-state index contributed by atoms with van der Waals surface area (Å²) in [7, 11) is 0. The Morgan fingerprint density at radius 1 is 1.18 bits per heavy atom. The predicted molar refractivity (Wildman–Crippen MR) is 69.8 cm³/mol. The Labute approximate surface area is 105 Å². The highest BCUT2D eigenvalue weighted by Crippen LogP contribution is 2.24. The van der Waals surface area contributed by atoms with Crippen LogP contribution in [-0.4, -0.2) is 25.0 Å². The van der Waals surface area contributed by atoms with Crippen LogP contribution in [0.1, 0.15) is 51.9 Å². The van der Waals surface area contributed by atoms with Crippen molar-refractivity contribution < 1.29 is 4.79 Å². The van der Waals surface area contributed by atoms with Gasteiger partial charge in [0.1, 0.15) is 0 Å². The molecule has 0 aromatic heterocycles. The summed E-state index contributed by atoms with van der Waals surface area (Å²) in [4.78, 5) is 12.1. The van der Waals surface area contributed by atoms with E-state index < -0.39 is 0 Å². The van der Waals surface area contributed by atoms with Gasteiger partial charge in [0.15, 0.2) is 0 Å². The van der Waals surface area contributed by atoms with Gasteiger partial charge in [0.05, 0.1) is 0 Å². The summed E-state index contributed by atoms with van der Waals surface area (Å²) in [6, 6.07) is 0.331. The number of carbonyl (C=O) groups excluding carboxylic acids is 1. The molecule has 0 aromatic rings. The zero-order valence-electron chi connectivity index (χ0n) is 11.0. The highest BCUT2D eigenvalue weighted by molar-refractivity contribution is 5.79. The summed E-state index contributed by atoms with van der Waals surface area (Å²) in [5.41, 5.74) is 0. The molecule has 2 aliphatic rings. The molecule has 0 radical (unpaired) electrons. The molecule has 0 aromatic carbocycles. The van der Waals surface area contributed by atoms with E-state index in [0.717, 1.165) is 25.9 Å². The second kappa shape index (κ2) is 6.39. The third kappa shape index (κ3) is 3.70. The minimum atomic E-state index is 0.294. The molecule has 1 heterocycles. The Kier molecular flexibility index (Phi) is 4.84. The first kappa shape index (κ1) is 12.9. The highest BCUT2D eigenvalue weighted by atomic mass is 16.1. The molecule has 1 aliphatic heterocycles. The molecule has 1 amide bonds. The van der Waals surface area contributed by atoms with Crippen LogP contribution in [0.3, 0.4) is 0 Å². The molecule has 2 unspecified atom stereocenters. The smallest absolute Gasteiger partial charge is 0.223 e. The normalized spacial score (nSPS) is 28.6. The monoisotopic (exact) mass is 238 g/mol. The van der Waals surface area contributed by atoms with Crippen molar-refractivity contribution >= 4 is 5.91 Å². The van der Waals surface area contributed by atoms with E-state index in [2.05, 4.69) is 17.6 Å². The first-order valence-electron chi connectivity index (χ1n) is 7.28. The molecule has 2 atom stereocenters. The molecular formula is C14H26N2O. The second-order valence-corrected chi connectivity index (χ2v) is 5.74. The first-order valence-corrected chi connectivity index (χ1v) is 7.28. The van der Waals surface area contributed by atoms with Crippen LogP contribution < -0.4 is 10.6 Å². The predicted octanol–water partition coefficient (Wildman–Crippen LogP) is 2.07. The molecular weight excluding hydrogens is 212 g/mol. The number of amides is 1. The van der Waals surface area contributed by atoms with E-state index in [1.165, 1.54) is 32.1 Å². The van der Waals surface area contributed by atoms with Crippen LogP contribution in [0.4, 0.5) is 0 Å². The van der Waals surface area contributed by atoms with E-state index in [0.29, 0.717) is 23.8 Å². The van der Waals surface area contributed by atoms with E-state index in [4.69, 9.17) is 0 Å². The largest absolute Gasteiger partial charge is 0.353 e. The van der Waals surface area contributed by atoms with Crippen molar-refractivity contribution in [3.05, 3.63) is 0 Å². The molecule has 3 heteroatoms. The Morgan fingerprint density at radius 3 is 2.59 bits per heavy atom.